The van der Waals surface area contributed by atoms with Gasteiger partial charge in [0.15, 0.2) is 0 Å². The molecule has 1 heterocycles. The average Bonchev–Trinajstić information content (AvgIpc) is 2.97. The van der Waals surface area contributed by atoms with E-state index in [1.807, 2.05) is 4.57 Å². The fourth-order valence-corrected chi connectivity index (χ4v) is 2.49. The zero-order valence-electron chi connectivity index (χ0n) is 13.9. The Balaban J connectivity index is 1.86. The van der Waals surface area contributed by atoms with Gasteiger partial charge in [-0.15, -0.1) is 0 Å². The second kappa shape index (κ2) is 12.3. The van der Waals surface area contributed by atoms with E-state index in [4.69, 9.17) is 9.84 Å². The summed E-state index contributed by atoms with van der Waals surface area (Å²) in [5, 5.41) is 8.83. The molecule has 0 bridgehead atoms. The Kier molecular flexibility index (Phi) is 10.5. The Bertz CT molecular complexity index is 401. The van der Waals surface area contributed by atoms with Gasteiger partial charge in [-0.1, -0.05) is 58.3 Å². The van der Waals surface area contributed by atoms with Crippen LogP contribution in [0.5, 0.6) is 0 Å². The van der Waals surface area contributed by atoms with Gasteiger partial charge in [-0.05, 0) is 12.5 Å². The molecule has 0 amide bonds. The third-order valence-corrected chi connectivity index (χ3v) is 3.88. The van der Waals surface area contributed by atoms with Crippen LogP contribution in [0.2, 0.25) is 0 Å². The zero-order chi connectivity index (χ0) is 16.0. The third kappa shape index (κ3) is 8.88. The number of nitrogens with zero attached hydrogens (tertiary/aromatic N) is 1. The van der Waals surface area contributed by atoms with Gasteiger partial charge in [-0.2, -0.15) is 0 Å². The summed E-state index contributed by atoms with van der Waals surface area (Å²) in [6.07, 6.45) is 15.3. The van der Waals surface area contributed by atoms with E-state index in [1.54, 1.807) is 18.5 Å². The Hall–Kier alpha value is -1.29. The predicted molar refractivity (Wildman–Crippen MR) is 89.4 cm³/mol. The van der Waals surface area contributed by atoms with Crippen LogP contribution in [0.25, 0.3) is 0 Å². The molecule has 1 aromatic heterocycles. The molecule has 1 N–H and O–H groups in total. The fraction of sp³-hybridized carbons (Fsp3) is 0.722. The molecule has 0 aromatic carbocycles. The summed E-state index contributed by atoms with van der Waals surface area (Å²) in [5.41, 5.74) is 0.332. The molecule has 0 aliphatic rings. The van der Waals surface area contributed by atoms with Crippen molar-refractivity contribution in [3.05, 3.63) is 24.0 Å². The van der Waals surface area contributed by atoms with E-state index < -0.39 is 5.97 Å². The van der Waals surface area contributed by atoms with E-state index in [0.717, 1.165) is 13.0 Å². The summed E-state index contributed by atoms with van der Waals surface area (Å²) in [6, 6.07) is 1.61. The summed E-state index contributed by atoms with van der Waals surface area (Å²) in [7, 11) is 0. The number of unbranched alkanes of at least 4 members (excludes halogenated alkanes) is 8. The SMILES string of the molecule is CCCCCCCCCCCOCCn1ccc(C(=O)O)c1. The van der Waals surface area contributed by atoms with Crippen molar-refractivity contribution >= 4 is 5.97 Å². The lowest BCUT2D eigenvalue weighted by molar-refractivity contribution is 0.0696. The van der Waals surface area contributed by atoms with Crippen LogP contribution in [-0.4, -0.2) is 28.9 Å². The number of carbonyl (C=O) groups is 1. The van der Waals surface area contributed by atoms with E-state index in [2.05, 4.69) is 6.92 Å². The standard InChI is InChI=1S/C18H31NO3/c1-2-3-4-5-6-7-8-9-10-14-22-15-13-19-12-11-17(16-19)18(20)21/h11-12,16H,2-10,13-15H2,1H3,(H,20,21). The summed E-state index contributed by atoms with van der Waals surface area (Å²) in [4.78, 5) is 10.7. The number of carboxylic acids is 1. The van der Waals surface area contributed by atoms with Gasteiger partial charge in [-0.25, -0.2) is 4.79 Å². The molecule has 0 atom stereocenters. The lowest BCUT2D eigenvalue weighted by Gasteiger charge is -2.05. The van der Waals surface area contributed by atoms with Gasteiger partial charge in [0.25, 0.3) is 0 Å². The minimum absolute atomic E-state index is 0.332. The average molecular weight is 309 g/mol. The smallest absolute Gasteiger partial charge is 0.337 e. The first kappa shape index (κ1) is 18.8. The minimum atomic E-state index is -0.880. The topological polar surface area (TPSA) is 51.5 Å². The van der Waals surface area contributed by atoms with Gasteiger partial charge < -0.3 is 14.4 Å². The Morgan fingerprint density at radius 2 is 1.68 bits per heavy atom. The van der Waals surface area contributed by atoms with Crippen LogP contribution in [0, 0.1) is 0 Å². The number of hydrogen-bond donors (Lipinski definition) is 1. The molecule has 4 nitrogen and oxygen atoms in total. The van der Waals surface area contributed by atoms with Crippen molar-refractivity contribution in [2.45, 2.75) is 71.3 Å². The van der Waals surface area contributed by atoms with Crippen LogP contribution >= 0.6 is 0 Å². The third-order valence-electron chi connectivity index (χ3n) is 3.88. The number of ether oxygens (including phenoxy) is 1. The molecule has 126 valence electrons. The minimum Gasteiger partial charge on any atom is -0.478 e. The number of carboxylic acid groups (broad SMARTS) is 1. The van der Waals surface area contributed by atoms with E-state index in [0.29, 0.717) is 18.7 Å². The van der Waals surface area contributed by atoms with Crippen LogP contribution in [0.1, 0.15) is 75.1 Å². The highest BCUT2D eigenvalue weighted by molar-refractivity contribution is 5.87. The molecular weight excluding hydrogens is 278 g/mol. The van der Waals surface area contributed by atoms with Gasteiger partial charge >= 0.3 is 5.97 Å². The van der Waals surface area contributed by atoms with Crippen LogP contribution < -0.4 is 0 Å². The van der Waals surface area contributed by atoms with Crippen molar-refractivity contribution in [1.82, 2.24) is 4.57 Å². The maximum Gasteiger partial charge on any atom is 0.337 e. The van der Waals surface area contributed by atoms with Crippen LogP contribution in [0.3, 0.4) is 0 Å². The molecule has 0 radical (unpaired) electrons. The van der Waals surface area contributed by atoms with Crippen molar-refractivity contribution in [3.63, 3.8) is 0 Å². The number of hydrogen-bond acceptors (Lipinski definition) is 2. The van der Waals surface area contributed by atoms with Crippen LogP contribution in [0.4, 0.5) is 0 Å². The first-order chi connectivity index (χ1) is 10.7. The lowest BCUT2D eigenvalue weighted by Crippen LogP contribution is -2.05. The lowest BCUT2D eigenvalue weighted by atomic mass is 10.1. The summed E-state index contributed by atoms with van der Waals surface area (Å²) in [5.74, 6) is -0.880. The molecule has 22 heavy (non-hydrogen) atoms. The van der Waals surface area contributed by atoms with Gasteiger partial charge in [0, 0.05) is 25.5 Å². The van der Waals surface area contributed by atoms with Gasteiger partial charge in [0.2, 0.25) is 0 Å². The Labute approximate surface area is 134 Å². The summed E-state index contributed by atoms with van der Waals surface area (Å²) >= 11 is 0. The molecule has 0 saturated carbocycles. The maximum atomic E-state index is 10.7. The van der Waals surface area contributed by atoms with E-state index in [1.165, 1.54) is 51.4 Å². The molecule has 0 saturated heterocycles. The van der Waals surface area contributed by atoms with Crippen LogP contribution in [-0.2, 0) is 11.3 Å². The molecule has 0 aliphatic heterocycles. The molecule has 4 heteroatoms. The first-order valence-electron chi connectivity index (χ1n) is 8.71. The Morgan fingerprint density at radius 1 is 1.05 bits per heavy atom. The number of aromatic carboxylic acids is 1. The van der Waals surface area contributed by atoms with Gasteiger partial charge in [0.1, 0.15) is 0 Å². The highest BCUT2D eigenvalue weighted by Crippen LogP contribution is 2.09. The van der Waals surface area contributed by atoms with Crippen molar-refractivity contribution in [3.8, 4) is 0 Å². The number of rotatable bonds is 14. The predicted octanol–water partition coefficient (Wildman–Crippen LogP) is 4.73. The van der Waals surface area contributed by atoms with Crippen molar-refractivity contribution in [1.29, 1.82) is 0 Å². The summed E-state index contributed by atoms with van der Waals surface area (Å²) < 4.78 is 7.46. The fourth-order valence-electron chi connectivity index (χ4n) is 2.49. The number of aromatic nitrogens is 1. The molecule has 1 rings (SSSR count). The maximum absolute atomic E-state index is 10.7. The Morgan fingerprint density at radius 3 is 2.27 bits per heavy atom. The molecule has 0 unspecified atom stereocenters. The second-order valence-corrected chi connectivity index (χ2v) is 5.88. The van der Waals surface area contributed by atoms with E-state index in [-0.39, 0.29) is 0 Å². The first-order valence-corrected chi connectivity index (χ1v) is 8.71. The van der Waals surface area contributed by atoms with Gasteiger partial charge in [-0.3, -0.25) is 0 Å². The second-order valence-electron chi connectivity index (χ2n) is 5.88. The zero-order valence-corrected chi connectivity index (χ0v) is 13.9. The quantitative estimate of drug-likeness (QED) is 0.505. The molecule has 0 spiro atoms. The van der Waals surface area contributed by atoms with Crippen molar-refractivity contribution < 1.29 is 14.6 Å². The van der Waals surface area contributed by atoms with Gasteiger partial charge in [0.05, 0.1) is 12.2 Å². The highest BCUT2D eigenvalue weighted by atomic mass is 16.5. The van der Waals surface area contributed by atoms with Crippen LogP contribution in [0.15, 0.2) is 18.5 Å². The monoisotopic (exact) mass is 309 g/mol. The molecule has 0 fully saturated rings. The molecular formula is C18H31NO3. The summed E-state index contributed by atoms with van der Waals surface area (Å²) in [6.45, 7) is 4.42. The molecule has 1 aromatic rings. The largest absolute Gasteiger partial charge is 0.478 e. The highest BCUT2D eigenvalue weighted by Gasteiger charge is 2.03. The van der Waals surface area contributed by atoms with Crippen molar-refractivity contribution in [2.24, 2.45) is 0 Å². The molecule has 0 aliphatic carbocycles. The van der Waals surface area contributed by atoms with E-state index in [9.17, 15) is 4.79 Å². The normalized spacial score (nSPS) is 11.0. The van der Waals surface area contributed by atoms with Crippen molar-refractivity contribution in [2.75, 3.05) is 13.2 Å². The van der Waals surface area contributed by atoms with E-state index >= 15 is 0 Å².